The first-order chi connectivity index (χ1) is 14.8. The van der Waals surface area contributed by atoms with Crippen molar-refractivity contribution in [3.8, 4) is 0 Å². The van der Waals surface area contributed by atoms with Crippen molar-refractivity contribution in [2.45, 2.75) is 85.4 Å². The summed E-state index contributed by atoms with van der Waals surface area (Å²) in [5, 5.41) is 19.9. The van der Waals surface area contributed by atoms with Gasteiger partial charge in [0.1, 0.15) is 12.4 Å². The van der Waals surface area contributed by atoms with Crippen molar-refractivity contribution in [3.05, 3.63) is 23.3 Å². The molecule has 1 aliphatic heterocycles. The topological polar surface area (TPSA) is 83.8 Å². The average Bonchev–Trinajstić information content (AvgIpc) is 3.18. The zero-order valence-electron chi connectivity index (χ0n) is 20.2. The molecule has 5 heteroatoms. The van der Waals surface area contributed by atoms with E-state index in [1.54, 1.807) is 5.57 Å². The lowest BCUT2D eigenvalue weighted by atomic mass is 9.41. The third-order valence-corrected chi connectivity index (χ3v) is 11.1. The standard InChI is InChI=1S/C27H38O5/c1-23(2)20-7-6-19-18(24(20,3)11-10-21(23)29)9-13-25(4)17(8-12-26(19,25)5)16-14-27(31,15-28)32-22(16)30/h6,14,17-18,20,28,31H,7-13,15H2,1-5H3/t17-,18-,20-,24+,25-,26+,27+/m0/s1. The smallest absolute Gasteiger partial charge is 0.337 e. The minimum absolute atomic E-state index is 0.0114. The Morgan fingerprint density at radius 3 is 2.38 bits per heavy atom. The van der Waals surface area contributed by atoms with Gasteiger partial charge in [0.2, 0.25) is 0 Å². The molecule has 2 N–H and O–H groups in total. The molecule has 5 nitrogen and oxygen atoms in total. The van der Waals surface area contributed by atoms with Gasteiger partial charge in [0, 0.05) is 17.4 Å². The van der Waals surface area contributed by atoms with Gasteiger partial charge in [-0.15, -0.1) is 0 Å². The van der Waals surface area contributed by atoms with E-state index in [1.807, 2.05) is 0 Å². The summed E-state index contributed by atoms with van der Waals surface area (Å²) in [6.45, 7) is 10.8. The molecule has 3 saturated carbocycles. The van der Waals surface area contributed by atoms with Crippen LogP contribution in [0.2, 0.25) is 0 Å². The third-order valence-electron chi connectivity index (χ3n) is 11.1. The van der Waals surface area contributed by atoms with Crippen LogP contribution in [0.4, 0.5) is 0 Å². The fraction of sp³-hybridized carbons (Fsp3) is 0.778. The van der Waals surface area contributed by atoms with E-state index in [0.717, 1.165) is 38.5 Å². The van der Waals surface area contributed by atoms with Gasteiger partial charge in [-0.05, 0) is 78.6 Å². The molecule has 0 saturated heterocycles. The third kappa shape index (κ3) is 2.58. The molecular weight excluding hydrogens is 404 g/mol. The van der Waals surface area contributed by atoms with Crippen LogP contribution in [0, 0.1) is 39.4 Å². The second kappa shape index (κ2) is 6.56. The molecule has 0 radical (unpaired) electrons. The quantitative estimate of drug-likeness (QED) is 0.491. The Morgan fingerprint density at radius 1 is 1.03 bits per heavy atom. The van der Waals surface area contributed by atoms with Gasteiger partial charge in [0.25, 0.3) is 5.79 Å². The zero-order chi connectivity index (χ0) is 23.3. The molecule has 32 heavy (non-hydrogen) atoms. The van der Waals surface area contributed by atoms with E-state index in [-0.39, 0.29) is 27.6 Å². The molecule has 0 aromatic carbocycles. The second-order valence-electron chi connectivity index (χ2n) is 12.5. The highest BCUT2D eigenvalue weighted by atomic mass is 16.7. The molecule has 4 aliphatic carbocycles. The number of Topliss-reactive ketones (excluding diaryl/α,β-unsaturated/α-hetero) is 1. The summed E-state index contributed by atoms with van der Waals surface area (Å²) in [6, 6.07) is 0. The van der Waals surface area contributed by atoms with Crippen LogP contribution in [0.25, 0.3) is 0 Å². The molecule has 1 heterocycles. The summed E-state index contributed by atoms with van der Waals surface area (Å²) in [7, 11) is 0. The van der Waals surface area contributed by atoms with Gasteiger partial charge in [-0.3, -0.25) is 4.79 Å². The van der Waals surface area contributed by atoms with Crippen molar-refractivity contribution in [1.82, 2.24) is 0 Å². The summed E-state index contributed by atoms with van der Waals surface area (Å²) in [5.74, 6) is -1.10. The molecule has 0 bridgehead atoms. The number of hydrogen-bond donors (Lipinski definition) is 2. The van der Waals surface area contributed by atoms with Crippen molar-refractivity contribution in [3.63, 3.8) is 0 Å². The van der Waals surface area contributed by atoms with Crippen LogP contribution < -0.4 is 0 Å². The van der Waals surface area contributed by atoms with Crippen molar-refractivity contribution in [2.24, 2.45) is 39.4 Å². The molecule has 5 aliphatic rings. The number of fused-ring (bicyclic) bond motifs is 5. The van der Waals surface area contributed by atoms with E-state index >= 15 is 0 Å². The van der Waals surface area contributed by atoms with Crippen LogP contribution in [0.3, 0.4) is 0 Å². The molecule has 0 aromatic heterocycles. The van der Waals surface area contributed by atoms with Crippen LogP contribution in [-0.2, 0) is 14.3 Å². The lowest BCUT2D eigenvalue weighted by Crippen LogP contribution is -2.57. The van der Waals surface area contributed by atoms with Crippen LogP contribution in [0.1, 0.15) is 79.6 Å². The van der Waals surface area contributed by atoms with Gasteiger partial charge in [-0.2, -0.15) is 0 Å². The predicted molar refractivity (Wildman–Crippen MR) is 120 cm³/mol. The molecule has 0 amide bonds. The first-order valence-corrected chi connectivity index (χ1v) is 12.4. The SMILES string of the molecule is CC1(C)C(=O)CC[C@]2(C)[C@H]3CC[C@@]4(C)[C@H](C5=C[C@](O)(CO)OC5=O)CC[C@]4(C)C3=CC[C@@H]12. The van der Waals surface area contributed by atoms with Crippen LogP contribution >= 0.6 is 0 Å². The minimum atomic E-state index is -1.88. The Bertz CT molecular complexity index is 946. The van der Waals surface area contributed by atoms with E-state index in [4.69, 9.17) is 4.74 Å². The molecule has 7 atom stereocenters. The highest BCUT2D eigenvalue weighted by Gasteiger charge is 2.66. The summed E-state index contributed by atoms with van der Waals surface area (Å²) < 4.78 is 5.13. The van der Waals surface area contributed by atoms with Crippen molar-refractivity contribution >= 4 is 11.8 Å². The Hall–Kier alpha value is -1.46. The van der Waals surface area contributed by atoms with Crippen molar-refractivity contribution < 1.29 is 24.5 Å². The number of rotatable bonds is 2. The summed E-state index contributed by atoms with van der Waals surface area (Å²) in [5.41, 5.74) is 1.80. The van der Waals surface area contributed by atoms with Gasteiger partial charge < -0.3 is 14.9 Å². The molecule has 0 aromatic rings. The van der Waals surface area contributed by atoms with E-state index < -0.39 is 18.4 Å². The number of ketones is 1. The minimum Gasteiger partial charge on any atom is -0.423 e. The molecule has 0 unspecified atom stereocenters. The maximum absolute atomic E-state index is 12.8. The fourth-order valence-electron chi connectivity index (χ4n) is 8.88. The van der Waals surface area contributed by atoms with Gasteiger partial charge in [0.15, 0.2) is 0 Å². The number of cyclic esters (lactones) is 1. The number of esters is 1. The number of aliphatic hydroxyl groups excluding tert-OH is 1. The van der Waals surface area contributed by atoms with Gasteiger partial charge in [0.05, 0.1) is 0 Å². The Kier molecular flexibility index (Phi) is 4.58. The number of ether oxygens (including phenoxy) is 1. The molecule has 3 fully saturated rings. The van der Waals surface area contributed by atoms with Crippen LogP contribution in [0.15, 0.2) is 23.3 Å². The first kappa shape index (κ1) is 22.3. The monoisotopic (exact) mass is 442 g/mol. The number of carbonyl (C=O) groups is 2. The highest BCUT2D eigenvalue weighted by Crippen LogP contribution is 2.73. The zero-order valence-corrected chi connectivity index (χ0v) is 20.2. The van der Waals surface area contributed by atoms with E-state index in [9.17, 15) is 19.8 Å². The van der Waals surface area contributed by atoms with E-state index in [2.05, 4.69) is 40.7 Å². The number of allylic oxidation sites excluding steroid dienone is 2. The van der Waals surface area contributed by atoms with Crippen molar-refractivity contribution in [2.75, 3.05) is 6.61 Å². The summed E-state index contributed by atoms with van der Waals surface area (Å²) in [6.07, 6.45) is 10.5. The highest BCUT2D eigenvalue weighted by molar-refractivity contribution is 5.92. The van der Waals surface area contributed by atoms with Gasteiger partial charge in [-0.1, -0.05) is 46.3 Å². The van der Waals surface area contributed by atoms with Crippen molar-refractivity contribution in [1.29, 1.82) is 0 Å². The van der Waals surface area contributed by atoms with Crippen LogP contribution in [0.5, 0.6) is 0 Å². The molecule has 176 valence electrons. The van der Waals surface area contributed by atoms with E-state index in [1.165, 1.54) is 6.08 Å². The number of carbonyl (C=O) groups excluding carboxylic acids is 2. The predicted octanol–water partition coefficient (Wildman–Crippen LogP) is 4.32. The van der Waals surface area contributed by atoms with Crippen LogP contribution in [-0.4, -0.2) is 34.4 Å². The lowest BCUT2D eigenvalue weighted by Gasteiger charge is -2.63. The Morgan fingerprint density at radius 2 is 1.72 bits per heavy atom. The summed E-state index contributed by atoms with van der Waals surface area (Å²) >= 11 is 0. The maximum Gasteiger partial charge on any atom is 0.337 e. The largest absolute Gasteiger partial charge is 0.423 e. The summed E-state index contributed by atoms with van der Waals surface area (Å²) in [4.78, 5) is 25.4. The van der Waals surface area contributed by atoms with Gasteiger partial charge in [-0.25, -0.2) is 4.79 Å². The number of aliphatic hydroxyl groups is 2. The Balaban J connectivity index is 1.54. The Labute approximate surface area is 191 Å². The second-order valence-corrected chi connectivity index (χ2v) is 12.5. The fourth-order valence-corrected chi connectivity index (χ4v) is 8.88. The first-order valence-electron chi connectivity index (χ1n) is 12.4. The number of hydrogen-bond acceptors (Lipinski definition) is 5. The molecule has 0 spiro atoms. The van der Waals surface area contributed by atoms with Gasteiger partial charge >= 0.3 is 5.97 Å². The molecular formula is C27H38O5. The molecule has 5 rings (SSSR count). The van der Waals surface area contributed by atoms with E-state index in [0.29, 0.717) is 29.6 Å². The normalized spacial score (nSPS) is 49.5. The average molecular weight is 443 g/mol. The maximum atomic E-state index is 12.8. The lowest BCUT2D eigenvalue weighted by molar-refractivity contribution is -0.189.